The van der Waals surface area contributed by atoms with Gasteiger partial charge in [-0.15, -0.1) is 11.6 Å². The molecule has 1 aromatic heterocycles. The molecule has 110 valence electrons. The van der Waals surface area contributed by atoms with E-state index in [1.54, 1.807) is 0 Å². The van der Waals surface area contributed by atoms with E-state index >= 15 is 0 Å². The van der Waals surface area contributed by atoms with Crippen molar-refractivity contribution in [2.75, 3.05) is 0 Å². The van der Waals surface area contributed by atoms with E-state index in [4.69, 9.17) is 23.2 Å². The molecule has 0 radical (unpaired) electrons. The van der Waals surface area contributed by atoms with Gasteiger partial charge in [-0.2, -0.15) is 5.10 Å². The van der Waals surface area contributed by atoms with Gasteiger partial charge in [-0.3, -0.25) is 4.68 Å². The van der Waals surface area contributed by atoms with Gasteiger partial charge >= 0.3 is 0 Å². The van der Waals surface area contributed by atoms with E-state index in [2.05, 4.69) is 39.7 Å². The second-order valence-electron chi connectivity index (χ2n) is 6.10. The lowest BCUT2D eigenvalue weighted by Crippen LogP contribution is -2.20. The van der Waals surface area contributed by atoms with Crippen molar-refractivity contribution in [3.05, 3.63) is 16.4 Å². The fourth-order valence-corrected chi connectivity index (χ4v) is 2.66. The van der Waals surface area contributed by atoms with E-state index in [1.165, 1.54) is 5.69 Å². The molecule has 2 nitrogen and oxygen atoms in total. The number of rotatable bonds is 6. The molecular weight excluding hydrogens is 279 g/mol. The molecule has 1 rings (SSSR count). The maximum Gasteiger partial charge on any atom is 0.0849 e. The summed E-state index contributed by atoms with van der Waals surface area (Å²) in [5, 5.41) is 5.60. The number of nitrogens with zero attached hydrogens (tertiary/aromatic N) is 2. The van der Waals surface area contributed by atoms with Crippen molar-refractivity contribution in [3.63, 3.8) is 0 Å². The molecule has 1 aromatic rings. The Morgan fingerprint density at radius 2 is 1.89 bits per heavy atom. The Bertz CT molecular complexity index is 405. The number of hydrogen-bond acceptors (Lipinski definition) is 1. The standard InChI is InChI=1S/C15H26Cl2N2/c1-6-11-14(17)12(19(7-2)18-11)9-8-10-13(16)15(3,4)5/h13H,6-10H2,1-5H3. The highest BCUT2D eigenvalue weighted by molar-refractivity contribution is 6.31. The van der Waals surface area contributed by atoms with Gasteiger partial charge in [0.2, 0.25) is 0 Å². The summed E-state index contributed by atoms with van der Waals surface area (Å²) in [6, 6.07) is 0. The molecule has 0 amide bonds. The number of halogens is 2. The monoisotopic (exact) mass is 304 g/mol. The van der Waals surface area contributed by atoms with Crippen LogP contribution in [0.25, 0.3) is 0 Å². The van der Waals surface area contributed by atoms with Gasteiger partial charge in [0.05, 0.1) is 16.4 Å². The second-order valence-corrected chi connectivity index (χ2v) is 7.01. The first-order chi connectivity index (χ1) is 8.81. The van der Waals surface area contributed by atoms with Gasteiger partial charge < -0.3 is 0 Å². The van der Waals surface area contributed by atoms with Crippen molar-refractivity contribution in [1.29, 1.82) is 0 Å². The van der Waals surface area contributed by atoms with Gasteiger partial charge in [0.1, 0.15) is 0 Å². The normalized spacial score (nSPS) is 13.8. The van der Waals surface area contributed by atoms with Gasteiger partial charge in [0.25, 0.3) is 0 Å². The van der Waals surface area contributed by atoms with Crippen LogP contribution in [0.2, 0.25) is 5.02 Å². The summed E-state index contributed by atoms with van der Waals surface area (Å²) in [7, 11) is 0. The quantitative estimate of drug-likeness (QED) is 0.669. The van der Waals surface area contributed by atoms with E-state index < -0.39 is 0 Å². The van der Waals surface area contributed by atoms with Crippen molar-refractivity contribution in [2.45, 2.75) is 72.2 Å². The van der Waals surface area contributed by atoms with Crippen LogP contribution in [0.15, 0.2) is 0 Å². The molecule has 4 heteroatoms. The van der Waals surface area contributed by atoms with Crippen LogP contribution in [0.1, 0.15) is 58.8 Å². The topological polar surface area (TPSA) is 17.8 Å². The molecule has 0 aliphatic rings. The zero-order chi connectivity index (χ0) is 14.6. The van der Waals surface area contributed by atoms with Crippen molar-refractivity contribution < 1.29 is 0 Å². The molecular formula is C15H26Cl2N2. The Labute approximate surface area is 127 Å². The molecule has 1 heterocycles. The highest BCUT2D eigenvalue weighted by atomic mass is 35.5. The smallest absolute Gasteiger partial charge is 0.0849 e. The minimum absolute atomic E-state index is 0.158. The third-order valence-electron chi connectivity index (χ3n) is 3.50. The fraction of sp³-hybridized carbons (Fsp3) is 0.800. The summed E-state index contributed by atoms with van der Waals surface area (Å²) >= 11 is 12.8. The first-order valence-corrected chi connectivity index (χ1v) is 8.00. The first kappa shape index (κ1) is 16.8. The molecule has 0 N–H and O–H groups in total. The summed E-state index contributed by atoms with van der Waals surface area (Å²) in [6.07, 6.45) is 3.91. The lowest BCUT2D eigenvalue weighted by Gasteiger charge is -2.25. The Hall–Kier alpha value is -0.210. The zero-order valence-electron chi connectivity index (χ0n) is 12.8. The second kappa shape index (κ2) is 6.99. The van der Waals surface area contributed by atoms with Crippen molar-refractivity contribution in [1.82, 2.24) is 9.78 Å². The highest BCUT2D eigenvalue weighted by Crippen LogP contribution is 2.29. The fourth-order valence-electron chi connectivity index (χ4n) is 2.14. The van der Waals surface area contributed by atoms with Crippen LogP contribution in [-0.4, -0.2) is 15.2 Å². The first-order valence-electron chi connectivity index (χ1n) is 7.19. The molecule has 0 fully saturated rings. The van der Waals surface area contributed by atoms with Gasteiger partial charge in [0, 0.05) is 11.9 Å². The summed E-state index contributed by atoms with van der Waals surface area (Å²) in [6.45, 7) is 11.6. The average Bonchev–Trinajstić information content (AvgIpc) is 2.64. The number of aryl methyl sites for hydroxylation is 2. The summed E-state index contributed by atoms with van der Waals surface area (Å²) in [5.74, 6) is 0. The minimum Gasteiger partial charge on any atom is -0.268 e. The molecule has 1 unspecified atom stereocenters. The maximum absolute atomic E-state index is 6.41. The van der Waals surface area contributed by atoms with Gasteiger partial charge in [-0.1, -0.05) is 39.3 Å². The number of aromatic nitrogens is 2. The van der Waals surface area contributed by atoms with Crippen molar-refractivity contribution >= 4 is 23.2 Å². The Balaban J connectivity index is 2.65. The lowest BCUT2D eigenvalue weighted by atomic mass is 9.88. The van der Waals surface area contributed by atoms with Gasteiger partial charge in [0.15, 0.2) is 0 Å². The van der Waals surface area contributed by atoms with Crippen LogP contribution in [-0.2, 0) is 19.4 Å². The van der Waals surface area contributed by atoms with Crippen molar-refractivity contribution in [3.8, 4) is 0 Å². The Kier molecular flexibility index (Phi) is 6.19. The Morgan fingerprint density at radius 1 is 1.26 bits per heavy atom. The molecule has 0 aromatic carbocycles. The molecule has 19 heavy (non-hydrogen) atoms. The molecule has 0 saturated heterocycles. The van der Waals surface area contributed by atoms with E-state index in [-0.39, 0.29) is 10.8 Å². The number of alkyl halides is 1. The molecule has 0 saturated carbocycles. The van der Waals surface area contributed by atoms with E-state index in [0.29, 0.717) is 0 Å². The molecule has 0 spiro atoms. The maximum atomic E-state index is 6.41. The van der Waals surface area contributed by atoms with Gasteiger partial charge in [-0.05, 0) is 38.0 Å². The molecule has 0 aliphatic carbocycles. The predicted molar refractivity (Wildman–Crippen MR) is 84.3 cm³/mol. The SMILES string of the molecule is CCc1nn(CC)c(CCCC(Cl)C(C)(C)C)c1Cl. The van der Waals surface area contributed by atoms with Crippen LogP contribution in [0.3, 0.4) is 0 Å². The minimum atomic E-state index is 0.158. The van der Waals surface area contributed by atoms with Crippen LogP contribution < -0.4 is 0 Å². The summed E-state index contributed by atoms with van der Waals surface area (Å²) < 4.78 is 2.03. The summed E-state index contributed by atoms with van der Waals surface area (Å²) in [4.78, 5) is 0. The average molecular weight is 305 g/mol. The Morgan fingerprint density at radius 3 is 2.37 bits per heavy atom. The predicted octanol–water partition coefficient (Wildman–Crippen LogP) is 5.10. The van der Waals surface area contributed by atoms with Gasteiger partial charge in [-0.25, -0.2) is 0 Å². The molecule has 1 atom stereocenters. The van der Waals surface area contributed by atoms with E-state index in [0.717, 1.165) is 42.9 Å². The van der Waals surface area contributed by atoms with E-state index in [1.807, 2.05) is 4.68 Å². The largest absolute Gasteiger partial charge is 0.268 e. The zero-order valence-corrected chi connectivity index (χ0v) is 14.3. The molecule has 0 aliphatic heterocycles. The lowest BCUT2D eigenvalue weighted by molar-refractivity contribution is 0.368. The van der Waals surface area contributed by atoms with Crippen LogP contribution >= 0.6 is 23.2 Å². The highest BCUT2D eigenvalue weighted by Gasteiger charge is 2.22. The summed E-state index contributed by atoms with van der Waals surface area (Å²) in [5.41, 5.74) is 2.33. The van der Waals surface area contributed by atoms with Crippen LogP contribution in [0.5, 0.6) is 0 Å². The molecule has 0 bridgehead atoms. The van der Waals surface area contributed by atoms with Crippen LogP contribution in [0.4, 0.5) is 0 Å². The van der Waals surface area contributed by atoms with E-state index in [9.17, 15) is 0 Å². The third kappa shape index (κ3) is 4.39. The third-order valence-corrected chi connectivity index (χ3v) is 4.81. The van der Waals surface area contributed by atoms with Crippen LogP contribution in [0, 0.1) is 5.41 Å². The number of hydrogen-bond donors (Lipinski definition) is 0. The van der Waals surface area contributed by atoms with Crippen molar-refractivity contribution in [2.24, 2.45) is 5.41 Å².